The second-order valence-corrected chi connectivity index (χ2v) is 6.08. The van der Waals surface area contributed by atoms with Crippen LogP contribution in [0, 0.1) is 6.92 Å². The lowest BCUT2D eigenvalue weighted by molar-refractivity contribution is -0.124. The molecule has 0 atom stereocenters. The Hall–Kier alpha value is -0.680. The zero-order valence-electron chi connectivity index (χ0n) is 11.0. The number of aromatic nitrogens is 2. The first kappa shape index (κ1) is 13.7. The summed E-state index contributed by atoms with van der Waals surface area (Å²) < 4.78 is 2.70. The summed E-state index contributed by atoms with van der Waals surface area (Å²) in [7, 11) is 1.87. The summed E-state index contributed by atoms with van der Waals surface area (Å²) in [6, 6.07) is 0. The Kier molecular flexibility index (Phi) is 3.92. The maximum Gasteiger partial charge on any atom is 0.158 e. The maximum absolute atomic E-state index is 12.4. The van der Waals surface area contributed by atoms with Gasteiger partial charge in [0.05, 0.1) is 27.8 Å². The molecule has 18 heavy (non-hydrogen) atoms. The Labute approximate surface area is 116 Å². The van der Waals surface area contributed by atoms with Crippen LogP contribution in [0.3, 0.4) is 0 Å². The van der Waals surface area contributed by atoms with Gasteiger partial charge in [-0.25, -0.2) is 0 Å². The van der Waals surface area contributed by atoms with E-state index < -0.39 is 5.54 Å². The highest BCUT2D eigenvalue weighted by Crippen LogP contribution is 2.29. The van der Waals surface area contributed by atoms with E-state index in [1.807, 2.05) is 14.0 Å². The molecule has 0 aromatic carbocycles. The molecular weight excluding hydrogens is 294 g/mol. The van der Waals surface area contributed by atoms with E-state index in [-0.39, 0.29) is 5.78 Å². The topological polar surface area (TPSA) is 60.9 Å². The van der Waals surface area contributed by atoms with Crippen LogP contribution in [0.1, 0.15) is 43.5 Å². The fourth-order valence-corrected chi connectivity index (χ4v) is 3.14. The molecule has 0 spiro atoms. The first-order valence-electron chi connectivity index (χ1n) is 6.44. The van der Waals surface area contributed by atoms with Crippen molar-refractivity contribution in [1.82, 2.24) is 9.78 Å². The minimum atomic E-state index is -0.615. The number of nitrogens with zero attached hydrogens (tertiary/aromatic N) is 2. The second kappa shape index (κ2) is 5.13. The number of halogens is 1. The number of rotatable bonds is 3. The molecule has 2 N–H and O–H groups in total. The number of ketones is 1. The normalized spacial score (nSPS) is 18.9. The molecule has 0 unspecified atom stereocenters. The van der Waals surface area contributed by atoms with Gasteiger partial charge in [0.25, 0.3) is 0 Å². The number of carbonyl (C=O) groups excluding carboxylic acids is 1. The van der Waals surface area contributed by atoms with E-state index in [2.05, 4.69) is 21.0 Å². The third kappa shape index (κ3) is 2.52. The fourth-order valence-electron chi connectivity index (χ4n) is 2.66. The molecule has 1 aliphatic rings. The highest BCUT2D eigenvalue weighted by molar-refractivity contribution is 9.10. The van der Waals surface area contributed by atoms with Crippen molar-refractivity contribution in [3.8, 4) is 0 Å². The summed E-state index contributed by atoms with van der Waals surface area (Å²) in [5.41, 5.74) is 7.48. The van der Waals surface area contributed by atoms with Crippen molar-refractivity contribution in [3.05, 3.63) is 15.9 Å². The van der Waals surface area contributed by atoms with Gasteiger partial charge in [0.2, 0.25) is 0 Å². The molecule has 0 bridgehead atoms. The third-order valence-corrected chi connectivity index (χ3v) is 4.92. The average molecular weight is 314 g/mol. The zero-order valence-corrected chi connectivity index (χ0v) is 12.6. The van der Waals surface area contributed by atoms with E-state index in [4.69, 9.17) is 5.73 Å². The Morgan fingerprint density at radius 1 is 1.44 bits per heavy atom. The van der Waals surface area contributed by atoms with E-state index in [0.717, 1.165) is 41.5 Å². The summed E-state index contributed by atoms with van der Waals surface area (Å²) in [6.07, 6.45) is 5.33. The van der Waals surface area contributed by atoms with Crippen molar-refractivity contribution >= 4 is 21.7 Å². The molecule has 0 radical (unpaired) electrons. The lowest BCUT2D eigenvalue weighted by Gasteiger charge is -2.31. The third-order valence-electron chi connectivity index (χ3n) is 3.89. The molecule has 1 aromatic rings. The number of hydrogen-bond donors (Lipinski definition) is 1. The molecule has 100 valence electrons. The van der Waals surface area contributed by atoms with Gasteiger partial charge in [0.1, 0.15) is 0 Å². The molecular formula is C13H20BrN3O. The van der Waals surface area contributed by atoms with Crippen LogP contribution in [-0.2, 0) is 18.3 Å². The van der Waals surface area contributed by atoms with Crippen LogP contribution in [0.4, 0.5) is 0 Å². The van der Waals surface area contributed by atoms with Crippen molar-refractivity contribution < 1.29 is 4.79 Å². The van der Waals surface area contributed by atoms with E-state index in [1.54, 1.807) is 4.68 Å². The molecule has 2 rings (SSSR count). The molecule has 5 heteroatoms. The summed E-state index contributed by atoms with van der Waals surface area (Å²) in [4.78, 5) is 12.4. The Morgan fingerprint density at radius 3 is 2.56 bits per heavy atom. The second-order valence-electron chi connectivity index (χ2n) is 5.29. The highest BCUT2D eigenvalue weighted by atomic mass is 79.9. The maximum atomic E-state index is 12.4. The van der Waals surface area contributed by atoms with E-state index >= 15 is 0 Å². The minimum absolute atomic E-state index is 0.144. The first-order valence-corrected chi connectivity index (χ1v) is 7.23. The Balaban J connectivity index is 2.16. The molecule has 1 saturated carbocycles. The standard InChI is InChI=1S/C13H20BrN3O/c1-9-12(14)10(17(2)16-9)8-11(18)13(15)6-4-3-5-7-13/h3-8,15H2,1-2H3. The van der Waals surface area contributed by atoms with Crippen LogP contribution < -0.4 is 5.73 Å². The van der Waals surface area contributed by atoms with Crippen LogP contribution >= 0.6 is 15.9 Å². The van der Waals surface area contributed by atoms with Gasteiger partial charge in [0.15, 0.2) is 5.78 Å². The molecule has 4 nitrogen and oxygen atoms in total. The number of hydrogen-bond acceptors (Lipinski definition) is 3. The van der Waals surface area contributed by atoms with Crippen LogP contribution in [0.25, 0.3) is 0 Å². The molecule has 0 saturated heterocycles. The van der Waals surface area contributed by atoms with Crippen molar-refractivity contribution in [3.63, 3.8) is 0 Å². The van der Waals surface area contributed by atoms with Crippen LogP contribution in [0.5, 0.6) is 0 Å². The smallest absolute Gasteiger partial charge is 0.158 e. The van der Waals surface area contributed by atoms with Gasteiger partial charge in [-0.15, -0.1) is 0 Å². The van der Waals surface area contributed by atoms with Gasteiger partial charge >= 0.3 is 0 Å². The molecule has 1 aliphatic carbocycles. The SMILES string of the molecule is Cc1nn(C)c(CC(=O)C2(N)CCCCC2)c1Br. The van der Waals surface area contributed by atoms with E-state index in [1.165, 1.54) is 6.42 Å². The predicted molar refractivity (Wildman–Crippen MR) is 74.4 cm³/mol. The van der Waals surface area contributed by atoms with Crippen molar-refractivity contribution in [2.45, 2.75) is 51.0 Å². The molecule has 0 aliphatic heterocycles. The largest absolute Gasteiger partial charge is 0.319 e. The van der Waals surface area contributed by atoms with Crippen LogP contribution in [-0.4, -0.2) is 21.1 Å². The van der Waals surface area contributed by atoms with E-state index in [9.17, 15) is 4.79 Å². The number of carbonyl (C=O) groups is 1. The molecule has 0 amide bonds. The fraction of sp³-hybridized carbons (Fsp3) is 0.692. The minimum Gasteiger partial charge on any atom is -0.319 e. The monoisotopic (exact) mass is 313 g/mol. The van der Waals surface area contributed by atoms with Gasteiger partial charge in [-0.1, -0.05) is 19.3 Å². The van der Waals surface area contributed by atoms with Crippen molar-refractivity contribution in [2.75, 3.05) is 0 Å². The zero-order chi connectivity index (χ0) is 13.3. The Morgan fingerprint density at radius 2 is 2.06 bits per heavy atom. The van der Waals surface area contributed by atoms with Crippen molar-refractivity contribution in [2.24, 2.45) is 12.8 Å². The van der Waals surface area contributed by atoms with Gasteiger partial charge in [-0.2, -0.15) is 5.10 Å². The number of Topliss-reactive ketones (excluding diaryl/α,β-unsaturated/α-hetero) is 1. The van der Waals surface area contributed by atoms with Gasteiger partial charge in [-0.3, -0.25) is 9.48 Å². The quantitative estimate of drug-likeness (QED) is 0.931. The predicted octanol–water partition coefficient (Wildman–Crippen LogP) is 2.26. The lowest BCUT2D eigenvalue weighted by atomic mass is 9.78. The van der Waals surface area contributed by atoms with Gasteiger partial charge in [-0.05, 0) is 35.7 Å². The van der Waals surface area contributed by atoms with Gasteiger partial charge < -0.3 is 5.73 Å². The number of nitrogens with two attached hydrogens (primary N) is 1. The summed E-state index contributed by atoms with van der Waals surface area (Å²) in [6.45, 7) is 1.93. The first-order chi connectivity index (χ1) is 8.44. The highest BCUT2D eigenvalue weighted by Gasteiger charge is 2.35. The summed E-state index contributed by atoms with van der Waals surface area (Å²) in [5, 5.41) is 4.31. The van der Waals surface area contributed by atoms with Gasteiger partial charge in [0, 0.05) is 7.05 Å². The molecule has 1 heterocycles. The average Bonchev–Trinajstić information content (AvgIpc) is 2.57. The lowest BCUT2D eigenvalue weighted by Crippen LogP contribution is -2.50. The van der Waals surface area contributed by atoms with Crippen LogP contribution in [0.15, 0.2) is 4.47 Å². The Bertz CT molecular complexity index is 461. The molecule has 1 fully saturated rings. The van der Waals surface area contributed by atoms with Crippen LogP contribution in [0.2, 0.25) is 0 Å². The summed E-state index contributed by atoms with van der Waals surface area (Å²) >= 11 is 3.49. The summed E-state index contributed by atoms with van der Waals surface area (Å²) in [5.74, 6) is 0.144. The number of aryl methyl sites for hydroxylation is 2. The van der Waals surface area contributed by atoms with Crippen molar-refractivity contribution in [1.29, 1.82) is 0 Å². The van der Waals surface area contributed by atoms with E-state index in [0.29, 0.717) is 6.42 Å². The molecule has 1 aromatic heterocycles.